The van der Waals surface area contributed by atoms with Crippen molar-refractivity contribution in [1.82, 2.24) is 9.78 Å². The maximum atomic E-state index is 5.88. The molecule has 1 aromatic heterocycles. The smallest absolute Gasteiger partial charge is 0.165 e. The highest BCUT2D eigenvalue weighted by Gasteiger charge is 2.07. The van der Waals surface area contributed by atoms with E-state index in [0.29, 0.717) is 22.9 Å². The van der Waals surface area contributed by atoms with E-state index in [1.807, 2.05) is 30.8 Å². The molecule has 0 radical (unpaired) electrons. The molecule has 0 atom stereocenters. The highest BCUT2D eigenvalue weighted by molar-refractivity contribution is 5.56. The van der Waals surface area contributed by atoms with E-state index in [2.05, 4.69) is 12.0 Å². The van der Waals surface area contributed by atoms with Gasteiger partial charge in [0.1, 0.15) is 11.5 Å². The maximum absolute atomic E-state index is 5.88. The molecule has 0 aliphatic rings. The van der Waals surface area contributed by atoms with Crippen molar-refractivity contribution in [2.75, 3.05) is 5.73 Å². The first-order chi connectivity index (χ1) is 9.58. The Morgan fingerprint density at radius 2 is 2.10 bits per heavy atom. The van der Waals surface area contributed by atoms with Crippen molar-refractivity contribution in [3.63, 3.8) is 0 Å². The number of aryl methyl sites for hydroxylation is 1. The van der Waals surface area contributed by atoms with E-state index >= 15 is 0 Å². The van der Waals surface area contributed by atoms with Crippen molar-refractivity contribution in [3.05, 3.63) is 30.6 Å². The van der Waals surface area contributed by atoms with Crippen molar-refractivity contribution in [1.29, 1.82) is 0 Å². The van der Waals surface area contributed by atoms with Gasteiger partial charge in [-0.2, -0.15) is 5.10 Å². The zero-order valence-electron chi connectivity index (χ0n) is 12.2. The monoisotopic (exact) mass is 275 g/mol. The van der Waals surface area contributed by atoms with Gasteiger partial charge in [-0.05, 0) is 32.4 Å². The van der Waals surface area contributed by atoms with Gasteiger partial charge in [0, 0.05) is 12.6 Å². The Balaban J connectivity index is 2.12. The first-order valence-electron chi connectivity index (χ1n) is 6.85. The van der Waals surface area contributed by atoms with Crippen molar-refractivity contribution in [2.45, 2.75) is 39.8 Å². The van der Waals surface area contributed by atoms with Crippen LogP contribution >= 0.6 is 0 Å². The average Bonchev–Trinajstić information content (AvgIpc) is 2.81. The minimum absolute atomic E-state index is 0.0693. The summed E-state index contributed by atoms with van der Waals surface area (Å²) in [5.74, 6) is 2.03. The van der Waals surface area contributed by atoms with Crippen LogP contribution in [0.3, 0.4) is 0 Å². The Labute approximate surface area is 119 Å². The van der Waals surface area contributed by atoms with Crippen LogP contribution in [-0.2, 0) is 6.54 Å². The summed E-state index contributed by atoms with van der Waals surface area (Å²) in [6, 6.07) is 5.40. The standard InChI is InChI=1S/C15H21N3O2/c1-4-7-18-10-13(9-17-18)20-12-5-6-14(16)15(8-12)19-11(2)3/h5-6,8-11H,4,7,16H2,1-3H3. The molecule has 2 aromatic rings. The fourth-order valence-corrected chi connectivity index (χ4v) is 1.82. The van der Waals surface area contributed by atoms with Crippen LogP contribution in [0.2, 0.25) is 0 Å². The van der Waals surface area contributed by atoms with E-state index in [4.69, 9.17) is 15.2 Å². The predicted octanol–water partition coefficient (Wildman–Crippen LogP) is 3.45. The number of anilines is 1. The minimum Gasteiger partial charge on any atom is -0.489 e. The molecule has 0 bridgehead atoms. The lowest BCUT2D eigenvalue weighted by Crippen LogP contribution is -2.07. The molecule has 1 heterocycles. The highest BCUT2D eigenvalue weighted by Crippen LogP contribution is 2.30. The number of aromatic nitrogens is 2. The van der Waals surface area contributed by atoms with Gasteiger partial charge < -0.3 is 15.2 Å². The van der Waals surface area contributed by atoms with E-state index in [-0.39, 0.29) is 6.10 Å². The number of nitrogens with two attached hydrogens (primary N) is 1. The molecule has 20 heavy (non-hydrogen) atoms. The average molecular weight is 275 g/mol. The second-order valence-electron chi connectivity index (χ2n) is 4.91. The van der Waals surface area contributed by atoms with Gasteiger partial charge in [-0.3, -0.25) is 4.68 Å². The summed E-state index contributed by atoms with van der Waals surface area (Å²) >= 11 is 0. The quantitative estimate of drug-likeness (QED) is 0.820. The molecule has 0 saturated carbocycles. The van der Waals surface area contributed by atoms with Crippen LogP contribution < -0.4 is 15.2 Å². The third-order valence-electron chi connectivity index (χ3n) is 2.65. The molecule has 5 nitrogen and oxygen atoms in total. The van der Waals surface area contributed by atoms with E-state index in [1.54, 1.807) is 18.3 Å². The number of nitrogen functional groups attached to an aromatic ring is 1. The van der Waals surface area contributed by atoms with E-state index in [0.717, 1.165) is 13.0 Å². The molecule has 2 rings (SSSR count). The molecule has 0 fully saturated rings. The second kappa shape index (κ2) is 6.32. The van der Waals surface area contributed by atoms with Crippen LogP contribution in [0.5, 0.6) is 17.2 Å². The molecule has 1 aromatic carbocycles. The molecule has 0 spiro atoms. The van der Waals surface area contributed by atoms with Gasteiger partial charge in [-0.1, -0.05) is 6.92 Å². The lowest BCUT2D eigenvalue weighted by Gasteiger charge is -2.13. The number of nitrogens with zero attached hydrogens (tertiary/aromatic N) is 2. The molecule has 0 aliphatic heterocycles. The number of benzene rings is 1. The lowest BCUT2D eigenvalue weighted by molar-refractivity contribution is 0.243. The zero-order valence-corrected chi connectivity index (χ0v) is 12.2. The third-order valence-corrected chi connectivity index (χ3v) is 2.65. The fraction of sp³-hybridized carbons (Fsp3) is 0.400. The van der Waals surface area contributed by atoms with Gasteiger partial charge in [0.15, 0.2) is 5.75 Å². The molecule has 2 N–H and O–H groups in total. The first-order valence-corrected chi connectivity index (χ1v) is 6.85. The van der Waals surface area contributed by atoms with Crippen molar-refractivity contribution < 1.29 is 9.47 Å². The van der Waals surface area contributed by atoms with Gasteiger partial charge in [0.05, 0.1) is 24.2 Å². The van der Waals surface area contributed by atoms with Crippen molar-refractivity contribution in [3.8, 4) is 17.2 Å². The summed E-state index contributed by atoms with van der Waals surface area (Å²) in [7, 11) is 0. The summed E-state index contributed by atoms with van der Waals surface area (Å²) in [5, 5.41) is 4.23. The normalized spacial score (nSPS) is 10.8. The zero-order chi connectivity index (χ0) is 14.5. The van der Waals surface area contributed by atoms with Gasteiger partial charge in [0.25, 0.3) is 0 Å². The Hall–Kier alpha value is -2.17. The topological polar surface area (TPSA) is 62.3 Å². The Morgan fingerprint density at radius 3 is 2.80 bits per heavy atom. The summed E-state index contributed by atoms with van der Waals surface area (Å²) in [6.07, 6.45) is 4.69. The van der Waals surface area contributed by atoms with Gasteiger partial charge in [-0.25, -0.2) is 0 Å². The van der Waals surface area contributed by atoms with Crippen LogP contribution in [0.15, 0.2) is 30.6 Å². The molecular formula is C15H21N3O2. The molecule has 0 amide bonds. The molecule has 108 valence electrons. The van der Waals surface area contributed by atoms with Crippen molar-refractivity contribution >= 4 is 5.69 Å². The Morgan fingerprint density at radius 1 is 1.30 bits per heavy atom. The van der Waals surface area contributed by atoms with Crippen LogP contribution in [0, 0.1) is 0 Å². The maximum Gasteiger partial charge on any atom is 0.165 e. The Bertz CT molecular complexity index is 564. The largest absolute Gasteiger partial charge is 0.489 e. The van der Waals surface area contributed by atoms with Crippen LogP contribution in [0.1, 0.15) is 27.2 Å². The van der Waals surface area contributed by atoms with Gasteiger partial charge >= 0.3 is 0 Å². The number of rotatable bonds is 6. The van der Waals surface area contributed by atoms with E-state index in [9.17, 15) is 0 Å². The Kier molecular flexibility index (Phi) is 4.50. The summed E-state index contributed by atoms with van der Waals surface area (Å²) < 4.78 is 13.3. The first kappa shape index (κ1) is 14.2. The summed E-state index contributed by atoms with van der Waals surface area (Å²) in [4.78, 5) is 0. The fourth-order valence-electron chi connectivity index (χ4n) is 1.82. The van der Waals surface area contributed by atoms with Gasteiger partial charge in [-0.15, -0.1) is 0 Å². The van der Waals surface area contributed by atoms with E-state index < -0.39 is 0 Å². The molecule has 0 unspecified atom stereocenters. The number of hydrogen-bond donors (Lipinski definition) is 1. The summed E-state index contributed by atoms with van der Waals surface area (Å²) in [6.45, 7) is 6.91. The third kappa shape index (κ3) is 3.66. The summed E-state index contributed by atoms with van der Waals surface area (Å²) in [5.41, 5.74) is 6.48. The molecule has 0 aliphatic carbocycles. The van der Waals surface area contributed by atoms with Crippen LogP contribution in [-0.4, -0.2) is 15.9 Å². The SMILES string of the molecule is CCCn1cc(Oc2ccc(N)c(OC(C)C)c2)cn1. The van der Waals surface area contributed by atoms with Crippen LogP contribution in [0.4, 0.5) is 5.69 Å². The minimum atomic E-state index is 0.0693. The van der Waals surface area contributed by atoms with Crippen molar-refractivity contribution in [2.24, 2.45) is 0 Å². The van der Waals surface area contributed by atoms with Crippen LogP contribution in [0.25, 0.3) is 0 Å². The number of ether oxygens (including phenoxy) is 2. The highest BCUT2D eigenvalue weighted by atomic mass is 16.5. The second-order valence-corrected chi connectivity index (χ2v) is 4.91. The molecule has 0 saturated heterocycles. The van der Waals surface area contributed by atoms with E-state index in [1.165, 1.54) is 0 Å². The van der Waals surface area contributed by atoms with Gasteiger partial charge in [0.2, 0.25) is 0 Å². The molecule has 5 heteroatoms. The lowest BCUT2D eigenvalue weighted by atomic mass is 10.2. The molecular weight excluding hydrogens is 254 g/mol. The predicted molar refractivity (Wildman–Crippen MR) is 79.2 cm³/mol. The number of hydrogen-bond acceptors (Lipinski definition) is 4.